The zero-order valence-electron chi connectivity index (χ0n) is 16.8. The molecule has 148 valence electrons. The van der Waals surface area contributed by atoms with E-state index in [0.717, 1.165) is 28.3 Å². The summed E-state index contributed by atoms with van der Waals surface area (Å²) in [4.78, 5) is 24.5. The Bertz CT molecular complexity index is 1030. The number of fused-ring (bicyclic) bond motifs is 1. The highest BCUT2D eigenvalue weighted by Crippen LogP contribution is 2.19. The van der Waals surface area contributed by atoms with Gasteiger partial charge in [0.2, 0.25) is 5.91 Å². The standard InChI is InChI=1S/C25H26N2O2/c1-3-18(2)27-25(29)22-12-6-8-19(16-22)17-26-24(28)15-14-21-11-7-10-20-9-4-5-13-23(20)21/h4-16,18H,3,17H2,1-2H3,(H,26,28)(H,27,29)/b15-14+. The lowest BCUT2D eigenvalue weighted by atomic mass is 10.0. The largest absolute Gasteiger partial charge is 0.350 e. The zero-order valence-corrected chi connectivity index (χ0v) is 16.8. The quantitative estimate of drug-likeness (QED) is 0.579. The predicted molar refractivity (Wildman–Crippen MR) is 118 cm³/mol. The Balaban J connectivity index is 1.61. The topological polar surface area (TPSA) is 58.2 Å². The van der Waals surface area contributed by atoms with Gasteiger partial charge >= 0.3 is 0 Å². The molecular formula is C25H26N2O2. The number of hydrogen-bond donors (Lipinski definition) is 2. The lowest BCUT2D eigenvalue weighted by molar-refractivity contribution is -0.116. The van der Waals surface area contributed by atoms with Gasteiger partial charge in [-0.25, -0.2) is 0 Å². The number of rotatable bonds is 7. The van der Waals surface area contributed by atoms with Crippen LogP contribution in [0.25, 0.3) is 16.8 Å². The first-order chi connectivity index (χ1) is 14.1. The van der Waals surface area contributed by atoms with E-state index in [9.17, 15) is 9.59 Å². The van der Waals surface area contributed by atoms with Crippen molar-refractivity contribution in [3.05, 3.63) is 89.5 Å². The molecule has 0 radical (unpaired) electrons. The molecule has 0 spiro atoms. The maximum atomic E-state index is 12.3. The van der Waals surface area contributed by atoms with Crippen LogP contribution in [0.4, 0.5) is 0 Å². The molecule has 29 heavy (non-hydrogen) atoms. The van der Waals surface area contributed by atoms with Gasteiger partial charge in [-0.05, 0) is 53.5 Å². The fourth-order valence-corrected chi connectivity index (χ4v) is 3.04. The van der Waals surface area contributed by atoms with Gasteiger partial charge in [0.1, 0.15) is 0 Å². The number of hydrogen-bond acceptors (Lipinski definition) is 2. The molecule has 1 atom stereocenters. The Morgan fingerprint density at radius 3 is 2.59 bits per heavy atom. The highest BCUT2D eigenvalue weighted by Gasteiger charge is 2.09. The van der Waals surface area contributed by atoms with Crippen molar-refractivity contribution in [1.29, 1.82) is 0 Å². The Kier molecular flexibility index (Phi) is 6.80. The third kappa shape index (κ3) is 5.55. The van der Waals surface area contributed by atoms with Gasteiger partial charge in [-0.3, -0.25) is 9.59 Å². The van der Waals surface area contributed by atoms with E-state index in [1.54, 1.807) is 12.1 Å². The van der Waals surface area contributed by atoms with E-state index in [1.807, 2.05) is 68.5 Å². The molecular weight excluding hydrogens is 360 g/mol. The average Bonchev–Trinajstić information content (AvgIpc) is 2.76. The maximum absolute atomic E-state index is 12.3. The molecule has 1 unspecified atom stereocenters. The van der Waals surface area contributed by atoms with Crippen molar-refractivity contribution in [3.63, 3.8) is 0 Å². The minimum absolute atomic E-state index is 0.0941. The van der Waals surface area contributed by atoms with Crippen LogP contribution < -0.4 is 10.6 Å². The normalized spacial score (nSPS) is 12.1. The molecule has 4 nitrogen and oxygen atoms in total. The summed E-state index contributed by atoms with van der Waals surface area (Å²) in [6.45, 7) is 4.37. The van der Waals surface area contributed by atoms with Gasteiger partial charge in [-0.1, -0.05) is 61.5 Å². The summed E-state index contributed by atoms with van der Waals surface area (Å²) in [6, 6.07) is 21.6. The number of benzene rings is 3. The van der Waals surface area contributed by atoms with Crippen LogP contribution in [-0.2, 0) is 11.3 Å². The van der Waals surface area contributed by atoms with E-state index in [-0.39, 0.29) is 17.9 Å². The molecule has 0 fully saturated rings. The summed E-state index contributed by atoms with van der Waals surface area (Å²) in [5.74, 6) is -0.268. The summed E-state index contributed by atoms with van der Waals surface area (Å²) in [6.07, 6.45) is 4.25. The number of amides is 2. The average molecular weight is 386 g/mol. The van der Waals surface area contributed by atoms with Crippen molar-refractivity contribution in [2.45, 2.75) is 32.9 Å². The van der Waals surface area contributed by atoms with Crippen molar-refractivity contribution >= 4 is 28.7 Å². The lowest BCUT2D eigenvalue weighted by Crippen LogP contribution is -2.32. The van der Waals surface area contributed by atoms with Gasteiger partial charge in [-0.15, -0.1) is 0 Å². The number of carbonyl (C=O) groups is 2. The molecule has 0 saturated carbocycles. The maximum Gasteiger partial charge on any atom is 0.251 e. The third-order valence-corrected chi connectivity index (χ3v) is 4.88. The fraction of sp³-hybridized carbons (Fsp3) is 0.200. The van der Waals surface area contributed by atoms with Crippen LogP contribution in [-0.4, -0.2) is 17.9 Å². The Labute approximate surface area is 171 Å². The zero-order chi connectivity index (χ0) is 20.6. The smallest absolute Gasteiger partial charge is 0.251 e. The molecule has 2 amide bonds. The van der Waals surface area contributed by atoms with Crippen molar-refractivity contribution in [3.8, 4) is 0 Å². The van der Waals surface area contributed by atoms with Crippen LogP contribution in [0.2, 0.25) is 0 Å². The summed E-state index contributed by atoms with van der Waals surface area (Å²) in [5.41, 5.74) is 2.49. The molecule has 0 aliphatic carbocycles. The summed E-state index contributed by atoms with van der Waals surface area (Å²) in [7, 11) is 0. The van der Waals surface area contributed by atoms with Crippen LogP contribution in [0, 0.1) is 0 Å². The molecule has 4 heteroatoms. The van der Waals surface area contributed by atoms with Crippen LogP contribution >= 0.6 is 0 Å². The Hall–Kier alpha value is -3.40. The molecule has 3 rings (SSSR count). The molecule has 0 aromatic heterocycles. The van der Waals surface area contributed by atoms with Crippen LogP contribution in [0.1, 0.15) is 41.8 Å². The summed E-state index contributed by atoms with van der Waals surface area (Å²) in [5, 5.41) is 8.08. The summed E-state index contributed by atoms with van der Waals surface area (Å²) < 4.78 is 0. The van der Waals surface area contributed by atoms with Gasteiger partial charge in [0, 0.05) is 24.2 Å². The molecule has 0 heterocycles. The number of nitrogens with one attached hydrogen (secondary N) is 2. The van der Waals surface area contributed by atoms with Crippen LogP contribution in [0.15, 0.2) is 72.8 Å². The molecule has 0 saturated heterocycles. The van der Waals surface area contributed by atoms with Gasteiger partial charge in [0.15, 0.2) is 0 Å². The van der Waals surface area contributed by atoms with E-state index in [4.69, 9.17) is 0 Å². The van der Waals surface area contributed by atoms with E-state index < -0.39 is 0 Å². The van der Waals surface area contributed by atoms with Crippen molar-refractivity contribution in [2.75, 3.05) is 0 Å². The van der Waals surface area contributed by atoms with Crippen LogP contribution in [0.3, 0.4) is 0 Å². The predicted octanol–water partition coefficient (Wildman–Crippen LogP) is 4.70. The highest BCUT2D eigenvalue weighted by atomic mass is 16.2. The van der Waals surface area contributed by atoms with E-state index in [0.29, 0.717) is 12.1 Å². The fourth-order valence-electron chi connectivity index (χ4n) is 3.04. The van der Waals surface area contributed by atoms with Crippen molar-refractivity contribution in [1.82, 2.24) is 10.6 Å². The molecule has 0 aliphatic rings. The second-order valence-electron chi connectivity index (χ2n) is 7.10. The molecule has 0 bridgehead atoms. The monoisotopic (exact) mass is 386 g/mol. The van der Waals surface area contributed by atoms with E-state index in [1.165, 1.54) is 0 Å². The van der Waals surface area contributed by atoms with Crippen molar-refractivity contribution < 1.29 is 9.59 Å². The lowest BCUT2D eigenvalue weighted by Gasteiger charge is -2.12. The molecule has 3 aromatic carbocycles. The van der Waals surface area contributed by atoms with Gasteiger partial charge in [0.25, 0.3) is 5.91 Å². The minimum Gasteiger partial charge on any atom is -0.350 e. The van der Waals surface area contributed by atoms with Gasteiger partial charge < -0.3 is 10.6 Å². The second-order valence-corrected chi connectivity index (χ2v) is 7.10. The SMILES string of the molecule is CCC(C)NC(=O)c1cccc(CNC(=O)/C=C/c2cccc3ccccc23)c1. The first kappa shape index (κ1) is 20.3. The molecule has 0 aliphatic heterocycles. The Morgan fingerprint density at radius 2 is 1.76 bits per heavy atom. The minimum atomic E-state index is -0.174. The van der Waals surface area contributed by atoms with Crippen LogP contribution in [0.5, 0.6) is 0 Å². The highest BCUT2D eigenvalue weighted by molar-refractivity contribution is 5.97. The van der Waals surface area contributed by atoms with E-state index >= 15 is 0 Å². The summed E-state index contributed by atoms with van der Waals surface area (Å²) >= 11 is 0. The Morgan fingerprint density at radius 1 is 1.00 bits per heavy atom. The number of carbonyl (C=O) groups excluding carboxylic acids is 2. The molecule has 2 N–H and O–H groups in total. The van der Waals surface area contributed by atoms with Crippen molar-refractivity contribution in [2.24, 2.45) is 0 Å². The van der Waals surface area contributed by atoms with Gasteiger partial charge in [-0.2, -0.15) is 0 Å². The first-order valence-corrected chi connectivity index (χ1v) is 9.90. The third-order valence-electron chi connectivity index (χ3n) is 4.88. The first-order valence-electron chi connectivity index (χ1n) is 9.90. The van der Waals surface area contributed by atoms with Gasteiger partial charge in [0.05, 0.1) is 0 Å². The molecule has 3 aromatic rings. The van der Waals surface area contributed by atoms with E-state index in [2.05, 4.69) is 22.8 Å². The second kappa shape index (κ2) is 9.69.